The monoisotopic (exact) mass is 406 g/mol. The summed E-state index contributed by atoms with van der Waals surface area (Å²) in [5.74, 6) is 2.18. The third-order valence-corrected chi connectivity index (χ3v) is 4.90. The van der Waals surface area contributed by atoms with E-state index in [-0.39, 0.29) is 35.3 Å². The summed E-state index contributed by atoms with van der Waals surface area (Å²) in [6, 6.07) is 0. The number of piperidine rings is 1. The van der Waals surface area contributed by atoms with Gasteiger partial charge >= 0.3 is 0 Å². The van der Waals surface area contributed by atoms with Crippen molar-refractivity contribution in [2.45, 2.75) is 38.5 Å². The Labute approximate surface area is 144 Å². The molecule has 0 aromatic heterocycles. The molecule has 1 spiro atoms. The largest absolute Gasteiger partial charge is 0.356 e. The van der Waals surface area contributed by atoms with Crippen molar-refractivity contribution in [3.05, 3.63) is 0 Å². The first kappa shape index (κ1) is 16.8. The SMILES string of the molecule is CN=C(NCCC1CC1)N1CCCC2(CNC(=O)C2)C1.I. The van der Waals surface area contributed by atoms with E-state index in [4.69, 9.17) is 0 Å². The number of carbonyl (C=O) groups is 1. The van der Waals surface area contributed by atoms with Crippen molar-refractivity contribution in [3.8, 4) is 0 Å². The minimum atomic E-state index is 0. The van der Waals surface area contributed by atoms with Crippen molar-refractivity contribution < 1.29 is 4.79 Å². The number of guanidine groups is 1. The molecule has 2 heterocycles. The first-order chi connectivity index (χ1) is 9.71. The van der Waals surface area contributed by atoms with Gasteiger partial charge in [-0.3, -0.25) is 9.79 Å². The van der Waals surface area contributed by atoms with Gasteiger partial charge in [-0.05, 0) is 25.2 Å². The molecule has 0 aromatic carbocycles. The lowest BCUT2D eigenvalue weighted by Crippen LogP contribution is -2.51. The van der Waals surface area contributed by atoms with Crippen LogP contribution in [-0.2, 0) is 4.79 Å². The van der Waals surface area contributed by atoms with Crippen molar-refractivity contribution >= 4 is 35.8 Å². The van der Waals surface area contributed by atoms with E-state index in [1.165, 1.54) is 19.3 Å². The molecule has 3 aliphatic rings. The fourth-order valence-electron chi connectivity index (χ4n) is 3.56. The second-order valence-electron chi connectivity index (χ2n) is 6.68. The minimum absolute atomic E-state index is 0. The predicted octanol–water partition coefficient (Wildman–Crippen LogP) is 1.58. The Morgan fingerprint density at radius 3 is 2.95 bits per heavy atom. The number of hydrogen-bond acceptors (Lipinski definition) is 2. The highest BCUT2D eigenvalue weighted by Crippen LogP contribution is 2.36. The van der Waals surface area contributed by atoms with E-state index in [0.717, 1.165) is 50.9 Å². The van der Waals surface area contributed by atoms with Gasteiger partial charge in [0, 0.05) is 45.1 Å². The van der Waals surface area contributed by atoms with Crippen molar-refractivity contribution in [2.75, 3.05) is 33.2 Å². The van der Waals surface area contributed by atoms with Gasteiger partial charge in [-0.1, -0.05) is 12.8 Å². The second kappa shape index (κ2) is 7.15. The number of nitrogens with one attached hydrogen (secondary N) is 2. The zero-order valence-electron chi connectivity index (χ0n) is 12.9. The lowest BCUT2D eigenvalue weighted by atomic mass is 9.79. The molecule has 120 valence electrons. The smallest absolute Gasteiger partial charge is 0.220 e. The van der Waals surface area contributed by atoms with Crippen LogP contribution in [0.15, 0.2) is 4.99 Å². The summed E-state index contributed by atoms with van der Waals surface area (Å²) >= 11 is 0. The molecule has 21 heavy (non-hydrogen) atoms. The molecule has 0 aromatic rings. The van der Waals surface area contributed by atoms with Crippen LogP contribution < -0.4 is 10.6 Å². The van der Waals surface area contributed by atoms with Gasteiger partial charge in [0.2, 0.25) is 5.91 Å². The molecule has 1 saturated carbocycles. The number of halogens is 1. The van der Waals surface area contributed by atoms with Gasteiger partial charge in [0.1, 0.15) is 0 Å². The second-order valence-corrected chi connectivity index (χ2v) is 6.68. The van der Waals surface area contributed by atoms with Crippen LogP contribution in [0.1, 0.15) is 38.5 Å². The summed E-state index contributed by atoms with van der Waals surface area (Å²) < 4.78 is 0. The number of rotatable bonds is 3. The van der Waals surface area contributed by atoms with Gasteiger partial charge < -0.3 is 15.5 Å². The van der Waals surface area contributed by atoms with Crippen molar-refractivity contribution in [1.82, 2.24) is 15.5 Å². The molecule has 1 unspecified atom stereocenters. The highest BCUT2D eigenvalue weighted by Gasteiger charge is 2.42. The first-order valence-electron chi connectivity index (χ1n) is 7.93. The molecule has 2 aliphatic heterocycles. The number of likely N-dealkylation sites (tertiary alicyclic amines) is 1. The summed E-state index contributed by atoms with van der Waals surface area (Å²) in [7, 11) is 1.86. The number of aliphatic imine (C=N–C) groups is 1. The minimum Gasteiger partial charge on any atom is -0.356 e. The molecule has 3 rings (SSSR count). The van der Waals surface area contributed by atoms with Crippen LogP contribution in [0.4, 0.5) is 0 Å². The van der Waals surface area contributed by atoms with Gasteiger partial charge in [0.25, 0.3) is 0 Å². The van der Waals surface area contributed by atoms with Crippen LogP contribution in [0.25, 0.3) is 0 Å². The van der Waals surface area contributed by atoms with Crippen LogP contribution in [0.5, 0.6) is 0 Å². The van der Waals surface area contributed by atoms with Crippen LogP contribution in [0.3, 0.4) is 0 Å². The standard InChI is InChI=1S/C15H26N4O.HI/c1-16-14(17-7-5-12-3-4-12)19-8-2-6-15(11-19)9-13(20)18-10-15;/h12H,2-11H2,1H3,(H,16,17)(H,18,20);1H. The predicted molar refractivity (Wildman–Crippen MR) is 95.0 cm³/mol. The van der Waals surface area contributed by atoms with Gasteiger partial charge in [0.15, 0.2) is 5.96 Å². The van der Waals surface area contributed by atoms with Gasteiger partial charge in [-0.15, -0.1) is 24.0 Å². The average molecular weight is 406 g/mol. The van der Waals surface area contributed by atoms with E-state index < -0.39 is 0 Å². The summed E-state index contributed by atoms with van der Waals surface area (Å²) in [6.45, 7) is 3.87. The Kier molecular flexibility index (Phi) is 5.73. The molecule has 5 nitrogen and oxygen atoms in total. The third kappa shape index (κ3) is 4.23. The maximum Gasteiger partial charge on any atom is 0.220 e. The van der Waals surface area contributed by atoms with Crippen molar-refractivity contribution in [3.63, 3.8) is 0 Å². The fourth-order valence-corrected chi connectivity index (χ4v) is 3.56. The first-order valence-corrected chi connectivity index (χ1v) is 7.93. The maximum absolute atomic E-state index is 11.5. The van der Waals surface area contributed by atoms with E-state index in [1.807, 2.05) is 7.05 Å². The van der Waals surface area contributed by atoms with Gasteiger partial charge in [-0.2, -0.15) is 0 Å². The van der Waals surface area contributed by atoms with Crippen LogP contribution in [-0.4, -0.2) is 50.0 Å². The number of nitrogens with zero attached hydrogens (tertiary/aromatic N) is 2. The number of hydrogen-bond donors (Lipinski definition) is 2. The van der Waals surface area contributed by atoms with E-state index >= 15 is 0 Å². The van der Waals surface area contributed by atoms with Crippen LogP contribution in [0, 0.1) is 11.3 Å². The summed E-state index contributed by atoms with van der Waals surface area (Å²) in [4.78, 5) is 18.3. The van der Waals surface area contributed by atoms with E-state index in [0.29, 0.717) is 6.42 Å². The molecule has 2 N–H and O–H groups in total. The van der Waals surface area contributed by atoms with Gasteiger partial charge in [0.05, 0.1) is 0 Å². The molecule has 6 heteroatoms. The molecule has 2 saturated heterocycles. The fraction of sp³-hybridized carbons (Fsp3) is 0.867. The highest BCUT2D eigenvalue weighted by atomic mass is 127. The Morgan fingerprint density at radius 1 is 1.52 bits per heavy atom. The molecular formula is C15H27IN4O. The maximum atomic E-state index is 11.5. The Morgan fingerprint density at radius 2 is 2.33 bits per heavy atom. The van der Waals surface area contributed by atoms with Crippen LogP contribution in [0.2, 0.25) is 0 Å². The molecule has 1 atom stereocenters. The average Bonchev–Trinajstić information content (AvgIpc) is 3.20. The van der Waals surface area contributed by atoms with E-state index in [1.54, 1.807) is 0 Å². The topological polar surface area (TPSA) is 56.7 Å². The summed E-state index contributed by atoms with van der Waals surface area (Å²) in [6.07, 6.45) is 7.06. The highest BCUT2D eigenvalue weighted by molar-refractivity contribution is 14.0. The normalized spacial score (nSPS) is 29.3. The molecule has 1 amide bonds. The zero-order valence-corrected chi connectivity index (χ0v) is 15.2. The lowest BCUT2D eigenvalue weighted by molar-refractivity contribution is -0.119. The quantitative estimate of drug-likeness (QED) is 0.425. The third-order valence-electron chi connectivity index (χ3n) is 4.90. The molecule has 0 bridgehead atoms. The van der Waals surface area contributed by atoms with Gasteiger partial charge in [-0.25, -0.2) is 0 Å². The van der Waals surface area contributed by atoms with E-state index in [2.05, 4.69) is 20.5 Å². The molecule has 1 aliphatic carbocycles. The summed E-state index contributed by atoms with van der Waals surface area (Å²) in [5.41, 5.74) is 0.142. The Hall–Kier alpha value is -0.530. The Balaban J connectivity index is 0.00000161. The number of amides is 1. The lowest BCUT2D eigenvalue weighted by Gasteiger charge is -2.40. The zero-order chi connectivity index (χ0) is 14.0. The molecule has 0 radical (unpaired) electrons. The summed E-state index contributed by atoms with van der Waals surface area (Å²) in [5, 5.41) is 6.50. The van der Waals surface area contributed by atoms with E-state index in [9.17, 15) is 4.79 Å². The molecular weight excluding hydrogens is 379 g/mol. The number of carbonyl (C=O) groups excluding carboxylic acids is 1. The molecule has 3 fully saturated rings. The Bertz CT molecular complexity index is 410. The van der Waals surface area contributed by atoms with Crippen molar-refractivity contribution in [2.24, 2.45) is 16.3 Å². The van der Waals surface area contributed by atoms with Crippen molar-refractivity contribution in [1.29, 1.82) is 0 Å². The van der Waals surface area contributed by atoms with Crippen LogP contribution >= 0.6 is 24.0 Å².